The van der Waals surface area contributed by atoms with Gasteiger partial charge in [-0.15, -0.1) is 0 Å². The molecule has 2 aromatic carbocycles. The Hall–Kier alpha value is -4.07. The largest absolute Gasteiger partial charge is 0.484 e. The number of nitrogens with zero attached hydrogens (tertiary/aromatic N) is 2. The topological polar surface area (TPSA) is 89.9 Å². The van der Waals surface area contributed by atoms with Crippen LogP contribution in [0, 0.1) is 0 Å². The third kappa shape index (κ3) is 5.79. The number of amides is 2. The number of para-hydroxylation sites is 1. The van der Waals surface area contributed by atoms with Gasteiger partial charge in [-0.1, -0.05) is 48.5 Å². The Bertz CT molecular complexity index is 1160. The molecule has 0 atom stereocenters. The van der Waals surface area contributed by atoms with E-state index in [1.807, 2.05) is 48.5 Å². The minimum atomic E-state index is -0.334. The van der Waals surface area contributed by atoms with Crippen LogP contribution in [0.4, 0.5) is 0 Å². The van der Waals surface area contributed by atoms with Gasteiger partial charge in [0.05, 0.1) is 6.20 Å². The normalized spacial score (nSPS) is 12.7. The van der Waals surface area contributed by atoms with Crippen molar-refractivity contribution < 1.29 is 19.1 Å². The van der Waals surface area contributed by atoms with Crippen molar-refractivity contribution in [1.29, 1.82) is 0 Å². The lowest BCUT2D eigenvalue weighted by Gasteiger charge is -2.30. The van der Waals surface area contributed by atoms with Crippen molar-refractivity contribution in [3.63, 3.8) is 0 Å². The summed E-state index contributed by atoms with van der Waals surface area (Å²) in [5.74, 6) is 0.324. The molecular weight excluding hydrogens is 422 g/mol. The number of hydrogen-bond acceptors (Lipinski definition) is 5. The highest BCUT2D eigenvalue weighted by Gasteiger charge is 2.25. The first kappa shape index (κ1) is 22.1. The number of aromatic nitrogens is 1. The van der Waals surface area contributed by atoms with Gasteiger partial charge < -0.3 is 24.3 Å². The zero-order valence-corrected chi connectivity index (χ0v) is 18.1. The zero-order valence-electron chi connectivity index (χ0n) is 18.1. The van der Waals surface area contributed by atoms with Crippen LogP contribution in [-0.4, -0.2) is 47.5 Å². The Balaban J connectivity index is 1.28. The van der Waals surface area contributed by atoms with Crippen LogP contribution in [0.25, 0.3) is 0 Å². The average Bonchev–Trinajstić information content (AvgIpc) is 2.85. The van der Waals surface area contributed by atoms with Crippen molar-refractivity contribution in [2.24, 2.45) is 0 Å². The van der Waals surface area contributed by atoms with Crippen LogP contribution in [-0.2, 0) is 17.9 Å². The molecule has 0 radical (unpaired) electrons. The quantitative estimate of drug-likeness (QED) is 0.543. The third-order valence-corrected chi connectivity index (χ3v) is 5.26. The lowest BCUT2D eigenvalue weighted by atomic mass is 10.2. The van der Waals surface area contributed by atoms with Crippen LogP contribution in [0.15, 0.2) is 77.7 Å². The second kappa shape index (κ2) is 10.5. The molecule has 0 saturated heterocycles. The van der Waals surface area contributed by atoms with Gasteiger partial charge in [0.2, 0.25) is 5.43 Å². The van der Waals surface area contributed by atoms with Gasteiger partial charge in [0.25, 0.3) is 11.8 Å². The summed E-state index contributed by atoms with van der Waals surface area (Å²) < 4.78 is 12.8. The number of rotatable bonds is 9. The van der Waals surface area contributed by atoms with Gasteiger partial charge in [0.15, 0.2) is 12.4 Å². The van der Waals surface area contributed by atoms with Gasteiger partial charge in [0, 0.05) is 32.2 Å². The Morgan fingerprint density at radius 2 is 1.67 bits per heavy atom. The van der Waals surface area contributed by atoms with E-state index in [-0.39, 0.29) is 36.2 Å². The molecule has 1 aliphatic rings. The van der Waals surface area contributed by atoms with E-state index < -0.39 is 0 Å². The number of fused-ring (bicyclic) bond motifs is 1. The van der Waals surface area contributed by atoms with Crippen molar-refractivity contribution in [3.8, 4) is 11.5 Å². The Labute approximate surface area is 191 Å². The van der Waals surface area contributed by atoms with Crippen LogP contribution < -0.4 is 20.2 Å². The lowest BCUT2D eigenvalue weighted by molar-refractivity contribution is -0.123. The van der Waals surface area contributed by atoms with Gasteiger partial charge in [-0.2, -0.15) is 0 Å². The lowest BCUT2D eigenvalue weighted by Crippen LogP contribution is -2.45. The SMILES string of the molecule is O=C(COc1ccccc1)NCCN1CCn2cc(OCc3ccccc3)c(=O)cc2C1=O. The number of carbonyl (C=O) groups is 2. The third-order valence-electron chi connectivity index (χ3n) is 5.26. The van der Waals surface area contributed by atoms with Crippen molar-refractivity contribution in [2.75, 3.05) is 26.2 Å². The van der Waals surface area contributed by atoms with Gasteiger partial charge in [-0.05, 0) is 17.7 Å². The molecule has 1 aromatic heterocycles. The van der Waals surface area contributed by atoms with E-state index in [2.05, 4.69) is 5.32 Å². The first-order valence-corrected chi connectivity index (χ1v) is 10.8. The summed E-state index contributed by atoms with van der Waals surface area (Å²) in [7, 11) is 0. The molecule has 0 aliphatic carbocycles. The number of pyridine rings is 1. The molecule has 0 saturated carbocycles. The van der Waals surface area contributed by atoms with E-state index in [1.54, 1.807) is 27.8 Å². The molecule has 2 amide bonds. The fraction of sp³-hybridized carbons (Fsp3) is 0.240. The molecule has 2 heterocycles. The summed E-state index contributed by atoms with van der Waals surface area (Å²) in [6, 6.07) is 20.0. The van der Waals surface area contributed by atoms with Gasteiger partial charge in [-0.25, -0.2) is 0 Å². The number of carbonyl (C=O) groups excluding carboxylic acids is 2. The van der Waals surface area contributed by atoms with Crippen molar-refractivity contribution >= 4 is 11.8 Å². The first-order chi connectivity index (χ1) is 16.1. The molecular formula is C25H25N3O5. The molecule has 0 unspecified atom stereocenters. The Morgan fingerprint density at radius 1 is 0.939 bits per heavy atom. The number of benzene rings is 2. The van der Waals surface area contributed by atoms with E-state index in [1.165, 1.54) is 6.07 Å². The number of hydrogen-bond donors (Lipinski definition) is 1. The standard InChI is InChI=1S/C25H25N3O5/c29-22-15-21-25(31)27(12-11-26-24(30)18-32-20-9-5-2-6-10-20)13-14-28(21)16-23(22)33-17-19-7-3-1-4-8-19/h1-10,15-16H,11-14,17-18H2,(H,26,30). The highest BCUT2D eigenvalue weighted by atomic mass is 16.5. The van der Waals surface area contributed by atoms with E-state index in [9.17, 15) is 14.4 Å². The summed E-state index contributed by atoms with van der Waals surface area (Å²) in [5, 5.41) is 2.75. The van der Waals surface area contributed by atoms with E-state index >= 15 is 0 Å². The molecule has 4 rings (SSSR count). The molecule has 3 aromatic rings. The fourth-order valence-corrected chi connectivity index (χ4v) is 3.52. The van der Waals surface area contributed by atoms with Gasteiger partial charge >= 0.3 is 0 Å². The maximum Gasteiger partial charge on any atom is 0.270 e. The van der Waals surface area contributed by atoms with E-state index in [0.29, 0.717) is 37.6 Å². The maximum absolute atomic E-state index is 12.8. The molecule has 1 aliphatic heterocycles. The second-order valence-electron chi connectivity index (χ2n) is 7.60. The first-order valence-electron chi connectivity index (χ1n) is 10.8. The van der Waals surface area contributed by atoms with E-state index in [4.69, 9.17) is 9.47 Å². The van der Waals surface area contributed by atoms with Gasteiger partial charge in [-0.3, -0.25) is 14.4 Å². The summed E-state index contributed by atoms with van der Waals surface area (Å²) in [6.45, 7) is 1.84. The molecule has 0 fully saturated rings. The Morgan fingerprint density at radius 3 is 2.42 bits per heavy atom. The molecule has 8 heteroatoms. The molecule has 33 heavy (non-hydrogen) atoms. The summed E-state index contributed by atoms with van der Waals surface area (Å²) in [5.41, 5.74) is 0.939. The molecule has 8 nitrogen and oxygen atoms in total. The summed E-state index contributed by atoms with van der Waals surface area (Å²) >= 11 is 0. The smallest absolute Gasteiger partial charge is 0.270 e. The predicted molar refractivity (Wildman–Crippen MR) is 122 cm³/mol. The molecule has 0 spiro atoms. The van der Waals surface area contributed by atoms with E-state index in [0.717, 1.165) is 5.56 Å². The summed E-state index contributed by atoms with van der Waals surface area (Å²) in [4.78, 5) is 38.9. The van der Waals surface area contributed by atoms with Crippen molar-refractivity contribution in [3.05, 3.63) is 94.4 Å². The van der Waals surface area contributed by atoms with Crippen LogP contribution in [0.5, 0.6) is 11.5 Å². The predicted octanol–water partition coefficient (Wildman–Crippen LogP) is 2.08. The molecule has 170 valence electrons. The Kier molecular flexibility index (Phi) is 7.04. The van der Waals surface area contributed by atoms with Crippen LogP contribution >= 0.6 is 0 Å². The number of ether oxygens (including phenoxy) is 2. The highest BCUT2D eigenvalue weighted by Crippen LogP contribution is 2.15. The zero-order chi connectivity index (χ0) is 23.0. The average molecular weight is 447 g/mol. The van der Waals surface area contributed by atoms with Crippen LogP contribution in [0.3, 0.4) is 0 Å². The minimum absolute atomic E-state index is 0.0953. The molecule has 0 bridgehead atoms. The fourth-order valence-electron chi connectivity index (χ4n) is 3.52. The van der Waals surface area contributed by atoms with Gasteiger partial charge in [0.1, 0.15) is 18.1 Å². The van der Waals surface area contributed by atoms with Crippen molar-refractivity contribution in [1.82, 2.24) is 14.8 Å². The second-order valence-corrected chi connectivity index (χ2v) is 7.60. The van der Waals surface area contributed by atoms with Crippen LogP contribution in [0.1, 0.15) is 16.1 Å². The van der Waals surface area contributed by atoms with Crippen LogP contribution in [0.2, 0.25) is 0 Å². The maximum atomic E-state index is 12.8. The van der Waals surface area contributed by atoms with Crippen molar-refractivity contribution in [2.45, 2.75) is 13.2 Å². The monoisotopic (exact) mass is 447 g/mol. The number of nitrogens with one attached hydrogen (secondary N) is 1. The summed E-state index contributed by atoms with van der Waals surface area (Å²) in [6.07, 6.45) is 1.60. The highest BCUT2D eigenvalue weighted by molar-refractivity contribution is 5.93. The minimum Gasteiger partial charge on any atom is -0.484 e. The molecule has 1 N–H and O–H groups in total.